The van der Waals surface area contributed by atoms with E-state index in [2.05, 4.69) is 28.5 Å². The standard InChI is InChI=1S/C30H39FN6O5S.C3H8.C2H6/c1-40-29-25(35-43(2,38)39)16-20(19-32-29)27-24-17-21(31)18-26(28(24)34-30(33-27)37-12-14-41-15-13-37)42-23-8-6-22(7-9-23)36-10-4-3-5-11-36;1-3-2;1-2/h16-19,22-23,35H,3-15H2,1-2H3;3H2,1-2H3;1-2H3. The van der Waals surface area contributed by atoms with E-state index in [1.807, 2.05) is 18.7 Å². The Kier molecular flexibility index (Phi) is 14.0. The molecule has 0 radical (unpaired) electrons. The summed E-state index contributed by atoms with van der Waals surface area (Å²) in [5.74, 6) is 0.482. The number of morpholine rings is 1. The number of likely N-dealkylation sites (tertiary alicyclic amines) is 1. The molecular formula is C35H53FN6O5S. The van der Waals surface area contributed by atoms with Crippen LogP contribution in [0.15, 0.2) is 24.4 Å². The maximum atomic E-state index is 15.2. The molecule has 1 N–H and O–H groups in total. The Morgan fingerprint density at radius 2 is 1.65 bits per heavy atom. The molecule has 3 aliphatic rings. The van der Waals surface area contributed by atoms with Crippen LogP contribution in [0.3, 0.4) is 0 Å². The Bertz CT molecular complexity index is 1570. The van der Waals surface area contributed by atoms with Crippen LogP contribution in [0.5, 0.6) is 11.6 Å². The first-order chi connectivity index (χ1) is 23.2. The Balaban J connectivity index is 0.000000986. The van der Waals surface area contributed by atoms with E-state index in [0.717, 1.165) is 31.9 Å². The minimum atomic E-state index is -3.63. The number of fused-ring (bicyclic) bond motifs is 1. The van der Waals surface area contributed by atoms with Crippen LogP contribution in [0, 0.1) is 5.82 Å². The molecule has 2 aromatic heterocycles. The summed E-state index contributed by atoms with van der Waals surface area (Å²) in [7, 11) is -2.22. The van der Waals surface area contributed by atoms with Gasteiger partial charge in [-0.3, -0.25) is 4.72 Å². The van der Waals surface area contributed by atoms with E-state index in [1.54, 1.807) is 6.07 Å². The first-order valence-corrected chi connectivity index (χ1v) is 19.3. The number of benzene rings is 1. The topological polar surface area (TPSA) is 119 Å². The second kappa shape index (κ2) is 17.9. The number of hydrogen-bond acceptors (Lipinski definition) is 10. The Hall–Kier alpha value is -3.29. The lowest BCUT2D eigenvalue weighted by Crippen LogP contribution is -2.42. The molecule has 0 atom stereocenters. The van der Waals surface area contributed by atoms with Crippen LogP contribution in [-0.2, 0) is 14.8 Å². The molecule has 0 unspecified atom stereocenters. The minimum Gasteiger partial charge on any atom is -0.488 e. The number of rotatable bonds is 8. The number of halogens is 1. The molecule has 2 saturated heterocycles. The second-order valence-electron chi connectivity index (χ2n) is 12.3. The van der Waals surface area contributed by atoms with E-state index in [-0.39, 0.29) is 17.7 Å². The number of piperidine rings is 1. The summed E-state index contributed by atoms with van der Waals surface area (Å²) >= 11 is 0. The van der Waals surface area contributed by atoms with Crippen molar-refractivity contribution in [2.45, 2.75) is 91.2 Å². The van der Waals surface area contributed by atoms with Crippen LogP contribution in [0.25, 0.3) is 22.2 Å². The number of ether oxygens (including phenoxy) is 3. The number of anilines is 2. The van der Waals surface area contributed by atoms with Crippen LogP contribution < -0.4 is 19.1 Å². The van der Waals surface area contributed by atoms with Crippen molar-refractivity contribution < 1.29 is 27.0 Å². The molecule has 11 nitrogen and oxygen atoms in total. The van der Waals surface area contributed by atoms with E-state index in [1.165, 1.54) is 64.2 Å². The fourth-order valence-electron chi connectivity index (χ4n) is 6.38. The Labute approximate surface area is 285 Å². The van der Waals surface area contributed by atoms with Gasteiger partial charge in [0, 0.05) is 42.3 Å². The molecule has 0 bridgehead atoms. The monoisotopic (exact) mass is 688 g/mol. The van der Waals surface area contributed by atoms with Gasteiger partial charge in [0.1, 0.15) is 22.8 Å². The average Bonchev–Trinajstić information content (AvgIpc) is 3.09. The molecule has 0 spiro atoms. The summed E-state index contributed by atoms with van der Waals surface area (Å²) in [6, 6.07) is 4.97. The van der Waals surface area contributed by atoms with E-state index in [9.17, 15) is 8.42 Å². The van der Waals surface area contributed by atoms with Gasteiger partial charge >= 0.3 is 0 Å². The maximum absolute atomic E-state index is 15.2. The van der Waals surface area contributed by atoms with Gasteiger partial charge in [-0.1, -0.05) is 40.5 Å². The number of nitrogens with zero attached hydrogens (tertiary/aromatic N) is 5. The van der Waals surface area contributed by atoms with Gasteiger partial charge in [0.15, 0.2) is 0 Å². The van der Waals surface area contributed by atoms with Crippen LogP contribution in [0.1, 0.15) is 79.1 Å². The fourth-order valence-corrected chi connectivity index (χ4v) is 6.92. The molecule has 1 saturated carbocycles. The predicted octanol–water partition coefficient (Wildman–Crippen LogP) is 6.67. The largest absolute Gasteiger partial charge is 0.488 e. The lowest BCUT2D eigenvalue weighted by atomic mass is 9.90. The second-order valence-corrected chi connectivity index (χ2v) is 14.0. The number of nitrogens with one attached hydrogen (secondary N) is 1. The van der Waals surface area contributed by atoms with Crippen LogP contribution in [0.2, 0.25) is 0 Å². The third-order valence-corrected chi connectivity index (χ3v) is 9.06. The molecule has 1 aromatic carbocycles. The SMILES string of the molecule is CC.CCC.COc1ncc(-c2nc(N3CCOCC3)nc3c(OC4CCC(N5CCCCC5)CC4)cc(F)cc23)cc1NS(C)(=O)=O. The van der Waals surface area contributed by atoms with Gasteiger partial charge in [-0.2, -0.15) is 0 Å². The lowest BCUT2D eigenvalue weighted by molar-refractivity contribution is 0.0776. The molecule has 6 rings (SSSR count). The predicted molar refractivity (Wildman–Crippen MR) is 190 cm³/mol. The highest BCUT2D eigenvalue weighted by Gasteiger charge is 2.29. The summed E-state index contributed by atoms with van der Waals surface area (Å²) in [6.45, 7) is 12.9. The third kappa shape index (κ3) is 9.88. The smallest absolute Gasteiger partial charge is 0.238 e. The van der Waals surface area contributed by atoms with Crippen molar-refractivity contribution in [2.75, 3.05) is 62.4 Å². The van der Waals surface area contributed by atoms with Gasteiger partial charge in [-0.25, -0.2) is 27.8 Å². The van der Waals surface area contributed by atoms with Gasteiger partial charge in [-0.15, -0.1) is 0 Å². The molecular weight excluding hydrogens is 635 g/mol. The van der Waals surface area contributed by atoms with Gasteiger partial charge in [0.25, 0.3) is 0 Å². The van der Waals surface area contributed by atoms with Gasteiger partial charge < -0.3 is 24.0 Å². The molecule has 0 amide bonds. The summed E-state index contributed by atoms with van der Waals surface area (Å²) in [5, 5.41) is 0.450. The fraction of sp³-hybridized carbons (Fsp3) is 0.629. The first kappa shape index (κ1) is 37.5. The quantitative estimate of drug-likeness (QED) is 0.275. The molecule has 13 heteroatoms. The zero-order valence-electron chi connectivity index (χ0n) is 29.4. The number of hydrogen-bond donors (Lipinski definition) is 1. The zero-order valence-corrected chi connectivity index (χ0v) is 30.2. The first-order valence-electron chi connectivity index (χ1n) is 17.5. The summed E-state index contributed by atoms with van der Waals surface area (Å²) in [6.07, 6.45) is 11.6. The van der Waals surface area contributed by atoms with Crippen molar-refractivity contribution in [3.05, 3.63) is 30.2 Å². The number of sulfonamides is 1. The number of methoxy groups -OCH3 is 1. The molecule has 4 heterocycles. The molecule has 266 valence electrons. The molecule has 3 fully saturated rings. The lowest BCUT2D eigenvalue weighted by Gasteiger charge is -2.38. The molecule has 3 aromatic rings. The van der Waals surface area contributed by atoms with Crippen LogP contribution >= 0.6 is 0 Å². The summed E-state index contributed by atoms with van der Waals surface area (Å²) in [5.41, 5.74) is 1.55. The highest BCUT2D eigenvalue weighted by Crippen LogP contribution is 2.38. The normalized spacial score (nSPS) is 20.2. The molecule has 1 aliphatic carbocycles. The Morgan fingerprint density at radius 1 is 0.979 bits per heavy atom. The van der Waals surface area contributed by atoms with Crippen molar-refractivity contribution in [2.24, 2.45) is 0 Å². The van der Waals surface area contributed by atoms with E-state index in [4.69, 9.17) is 24.2 Å². The zero-order chi connectivity index (χ0) is 34.7. The van der Waals surface area contributed by atoms with Crippen LogP contribution in [0.4, 0.5) is 16.0 Å². The molecule has 2 aliphatic heterocycles. The van der Waals surface area contributed by atoms with Crippen molar-refractivity contribution in [3.8, 4) is 22.9 Å². The number of aromatic nitrogens is 3. The van der Waals surface area contributed by atoms with Gasteiger partial charge in [0.05, 0.1) is 38.4 Å². The minimum absolute atomic E-state index is 0.0375. The van der Waals surface area contributed by atoms with E-state index < -0.39 is 15.8 Å². The molecule has 48 heavy (non-hydrogen) atoms. The van der Waals surface area contributed by atoms with Gasteiger partial charge in [-0.05, 0) is 63.7 Å². The summed E-state index contributed by atoms with van der Waals surface area (Å²) < 4.78 is 59.2. The number of pyridine rings is 1. The highest BCUT2D eigenvalue weighted by molar-refractivity contribution is 7.92. The third-order valence-electron chi connectivity index (χ3n) is 8.47. The van der Waals surface area contributed by atoms with Crippen molar-refractivity contribution in [3.63, 3.8) is 0 Å². The van der Waals surface area contributed by atoms with Crippen molar-refractivity contribution in [1.82, 2.24) is 19.9 Å². The van der Waals surface area contributed by atoms with Crippen molar-refractivity contribution >= 4 is 32.6 Å². The Morgan fingerprint density at radius 3 is 2.27 bits per heavy atom. The highest BCUT2D eigenvalue weighted by atomic mass is 32.2. The van der Waals surface area contributed by atoms with Crippen molar-refractivity contribution in [1.29, 1.82) is 0 Å². The van der Waals surface area contributed by atoms with E-state index in [0.29, 0.717) is 66.2 Å². The van der Waals surface area contributed by atoms with Crippen LogP contribution in [-0.4, -0.2) is 93.2 Å². The average molecular weight is 689 g/mol. The van der Waals surface area contributed by atoms with Gasteiger partial charge in [0.2, 0.25) is 21.9 Å². The summed E-state index contributed by atoms with van der Waals surface area (Å²) in [4.78, 5) is 18.7. The van der Waals surface area contributed by atoms with E-state index >= 15 is 4.39 Å². The maximum Gasteiger partial charge on any atom is 0.238 e.